The minimum atomic E-state index is -0.0497. The minimum Gasteiger partial charge on any atom is -0.496 e. The summed E-state index contributed by atoms with van der Waals surface area (Å²) < 4.78 is 9.44. The monoisotopic (exact) mass is 398 g/mol. The third-order valence-electron chi connectivity index (χ3n) is 5.55. The first-order valence-electron chi connectivity index (χ1n) is 9.90. The Labute approximate surface area is 174 Å². The lowest BCUT2D eigenvalue weighted by Crippen LogP contribution is -2.26. The van der Waals surface area contributed by atoms with Crippen LogP contribution in [-0.2, 0) is 13.1 Å². The number of aromatic nitrogens is 3. The largest absolute Gasteiger partial charge is 0.496 e. The fourth-order valence-corrected chi connectivity index (χ4v) is 4.05. The molecule has 0 N–H and O–H groups in total. The second kappa shape index (κ2) is 7.22. The summed E-state index contributed by atoms with van der Waals surface area (Å²) in [6, 6.07) is 19.5. The van der Waals surface area contributed by atoms with E-state index in [2.05, 4.69) is 23.6 Å². The van der Waals surface area contributed by atoms with Gasteiger partial charge in [-0.05, 0) is 42.8 Å². The molecule has 30 heavy (non-hydrogen) atoms. The standard InChI is InChI=1S/C24H22N4O2/c1-17-9-3-5-11-21(17)28-23(26-13-7-8-14-26)19-15-27(16-20(19)25-28)24(29)18-10-4-6-12-22(18)30-2/h3-14H,15-16H2,1-2H3. The molecule has 6 heteroatoms. The van der Waals surface area contributed by atoms with Crippen LogP contribution in [0.4, 0.5) is 0 Å². The zero-order chi connectivity index (χ0) is 20.7. The van der Waals surface area contributed by atoms with Crippen LogP contribution in [0, 0.1) is 6.92 Å². The Bertz CT molecular complexity index is 1220. The van der Waals surface area contributed by atoms with Crippen LogP contribution in [0.5, 0.6) is 5.75 Å². The maximum atomic E-state index is 13.2. The van der Waals surface area contributed by atoms with E-state index in [1.165, 1.54) is 0 Å². The summed E-state index contributed by atoms with van der Waals surface area (Å²) >= 11 is 0. The van der Waals surface area contributed by atoms with E-state index in [9.17, 15) is 4.79 Å². The van der Waals surface area contributed by atoms with Crippen LogP contribution in [0.1, 0.15) is 27.2 Å². The summed E-state index contributed by atoms with van der Waals surface area (Å²) in [4.78, 5) is 15.0. The lowest BCUT2D eigenvalue weighted by molar-refractivity contribution is 0.0746. The van der Waals surface area contributed by atoms with Crippen molar-refractivity contribution in [1.29, 1.82) is 0 Å². The molecule has 2 aromatic heterocycles. The molecule has 1 amide bonds. The van der Waals surface area contributed by atoms with E-state index in [1.54, 1.807) is 13.2 Å². The number of hydrogen-bond acceptors (Lipinski definition) is 3. The number of nitrogens with zero attached hydrogens (tertiary/aromatic N) is 4. The molecule has 0 saturated carbocycles. The number of ether oxygens (including phenoxy) is 1. The molecule has 0 atom stereocenters. The van der Waals surface area contributed by atoms with Gasteiger partial charge in [0.25, 0.3) is 5.91 Å². The number of carbonyl (C=O) groups excluding carboxylic acids is 1. The van der Waals surface area contributed by atoms with Gasteiger partial charge in [-0.15, -0.1) is 0 Å². The van der Waals surface area contributed by atoms with Crippen LogP contribution in [0.3, 0.4) is 0 Å². The van der Waals surface area contributed by atoms with Crippen molar-refractivity contribution in [3.05, 3.63) is 95.4 Å². The Hall–Kier alpha value is -3.80. The third kappa shape index (κ3) is 2.88. The number of hydrogen-bond donors (Lipinski definition) is 0. The molecule has 1 aliphatic heterocycles. The molecule has 0 fully saturated rings. The highest BCUT2D eigenvalue weighted by molar-refractivity contribution is 5.97. The van der Waals surface area contributed by atoms with Gasteiger partial charge in [-0.25, -0.2) is 4.68 Å². The first-order chi connectivity index (χ1) is 14.7. The maximum absolute atomic E-state index is 13.2. The van der Waals surface area contributed by atoms with Crippen molar-refractivity contribution in [3.63, 3.8) is 0 Å². The second-order valence-electron chi connectivity index (χ2n) is 7.40. The Morgan fingerprint density at radius 1 is 0.967 bits per heavy atom. The van der Waals surface area contributed by atoms with E-state index >= 15 is 0 Å². The minimum absolute atomic E-state index is 0.0497. The number of carbonyl (C=O) groups is 1. The lowest BCUT2D eigenvalue weighted by atomic mass is 10.1. The van der Waals surface area contributed by atoms with E-state index in [-0.39, 0.29) is 5.91 Å². The molecule has 0 unspecified atom stereocenters. The zero-order valence-electron chi connectivity index (χ0n) is 16.9. The molecule has 5 rings (SSSR count). The van der Waals surface area contributed by atoms with Crippen molar-refractivity contribution in [2.24, 2.45) is 0 Å². The van der Waals surface area contributed by atoms with Crippen LogP contribution < -0.4 is 4.74 Å². The molecule has 4 aromatic rings. The Balaban J connectivity index is 1.56. The third-order valence-corrected chi connectivity index (χ3v) is 5.55. The van der Waals surface area contributed by atoms with Gasteiger partial charge in [0.1, 0.15) is 11.6 Å². The van der Waals surface area contributed by atoms with Gasteiger partial charge in [0.05, 0.1) is 37.1 Å². The van der Waals surface area contributed by atoms with Crippen LogP contribution in [0.15, 0.2) is 73.1 Å². The number of rotatable bonds is 4. The van der Waals surface area contributed by atoms with E-state index in [4.69, 9.17) is 9.84 Å². The summed E-state index contributed by atoms with van der Waals surface area (Å²) in [5.74, 6) is 1.51. The molecule has 0 bridgehead atoms. The van der Waals surface area contributed by atoms with Gasteiger partial charge in [0.2, 0.25) is 0 Å². The fourth-order valence-electron chi connectivity index (χ4n) is 4.05. The topological polar surface area (TPSA) is 52.3 Å². The van der Waals surface area contributed by atoms with Crippen molar-refractivity contribution >= 4 is 5.91 Å². The number of fused-ring (bicyclic) bond motifs is 1. The summed E-state index contributed by atoms with van der Waals surface area (Å²) in [5.41, 5.74) is 4.74. The van der Waals surface area contributed by atoms with Crippen LogP contribution in [0.25, 0.3) is 11.5 Å². The first-order valence-corrected chi connectivity index (χ1v) is 9.90. The average molecular weight is 398 g/mol. The molecular formula is C24H22N4O2. The van der Waals surface area contributed by atoms with E-state index in [1.807, 2.05) is 64.4 Å². The summed E-state index contributed by atoms with van der Waals surface area (Å²) in [7, 11) is 1.58. The van der Waals surface area contributed by atoms with Crippen molar-refractivity contribution < 1.29 is 9.53 Å². The van der Waals surface area contributed by atoms with Gasteiger partial charge in [-0.1, -0.05) is 30.3 Å². The number of aryl methyl sites for hydroxylation is 1. The second-order valence-corrected chi connectivity index (χ2v) is 7.40. The van der Waals surface area contributed by atoms with Gasteiger partial charge in [0, 0.05) is 18.0 Å². The molecule has 0 radical (unpaired) electrons. The van der Waals surface area contributed by atoms with E-state index in [0.29, 0.717) is 24.4 Å². The highest BCUT2D eigenvalue weighted by Crippen LogP contribution is 2.33. The zero-order valence-corrected chi connectivity index (χ0v) is 16.9. The molecule has 0 spiro atoms. The number of para-hydroxylation sites is 2. The summed E-state index contributed by atoms with van der Waals surface area (Å²) in [6.07, 6.45) is 4.02. The molecule has 3 heterocycles. The predicted octanol–water partition coefficient (Wildman–Crippen LogP) is 4.14. The predicted molar refractivity (Wildman–Crippen MR) is 114 cm³/mol. The maximum Gasteiger partial charge on any atom is 0.258 e. The van der Waals surface area contributed by atoms with Gasteiger partial charge in [-0.3, -0.25) is 4.79 Å². The summed E-state index contributed by atoms with van der Waals surface area (Å²) in [5, 5.41) is 4.92. The van der Waals surface area contributed by atoms with Gasteiger partial charge in [-0.2, -0.15) is 5.10 Å². The van der Waals surface area contributed by atoms with Crippen LogP contribution in [0.2, 0.25) is 0 Å². The highest BCUT2D eigenvalue weighted by atomic mass is 16.5. The van der Waals surface area contributed by atoms with Crippen LogP contribution in [-0.4, -0.2) is 32.3 Å². The Kier molecular flexibility index (Phi) is 4.39. The Morgan fingerprint density at radius 2 is 1.70 bits per heavy atom. The van der Waals surface area contributed by atoms with Gasteiger partial charge < -0.3 is 14.2 Å². The number of amides is 1. The fraction of sp³-hybridized carbons (Fsp3) is 0.167. The number of benzene rings is 2. The first kappa shape index (κ1) is 18.2. The van der Waals surface area contributed by atoms with Gasteiger partial charge in [0.15, 0.2) is 0 Å². The molecule has 2 aromatic carbocycles. The highest BCUT2D eigenvalue weighted by Gasteiger charge is 2.32. The molecule has 150 valence electrons. The lowest BCUT2D eigenvalue weighted by Gasteiger charge is -2.19. The smallest absolute Gasteiger partial charge is 0.258 e. The molecule has 1 aliphatic rings. The molecule has 6 nitrogen and oxygen atoms in total. The van der Waals surface area contributed by atoms with Gasteiger partial charge >= 0.3 is 0 Å². The van der Waals surface area contributed by atoms with Crippen molar-refractivity contribution in [2.45, 2.75) is 20.0 Å². The van der Waals surface area contributed by atoms with Crippen LogP contribution >= 0.6 is 0 Å². The van der Waals surface area contributed by atoms with Crippen molar-refractivity contribution in [2.75, 3.05) is 7.11 Å². The van der Waals surface area contributed by atoms with Crippen molar-refractivity contribution in [3.8, 4) is 17.3 Å². The SMILES string of the molecule is COc1ccccc1C(=O)N1Cc2nn(-c3ccccc3C)c(-n3cccc3)c2C1. The van der Waals surface area contributed by atoms with E-state index < -0.39 is 0 Å². The van der Waals surface area contributed by atoms with Crippen molar-refractivity contribution in [1.82, 2.24) is 19.2 Å². The van der Waals surface area contributed by atoms with E-state index in [0.717, 1.165) is 28.3 Å². The summed E-state index contributed by atoms with van der Waals surface area (Å²) in [6.45, 7) is 3.06. The average Bonchev–Trinajstić information content (AvgIpc) is 3.49. The molecule has 0 aliphatic carbocycles. The quantitative estimate of drug-likeness (QED) is 0.519. The molecule has 0 saturated heterocycles. The number of methoxy groups -OCH3 is 1. The molecular weight excluding hydrogens is 376 g/mol. The normalized spacial score (nSPS) is 12.8. The Morgan fingerprint density at radius 3 is 2.47 bits per heavy atom.